The molecule has 116 valence electrons. The molecule has 3 nitrogen and oxygen atoms in total. The van der Waals surface area contributed by atoms with Crippen LogP contribution in [0.2, 0.25) is 0 Å². The summed E-state index contributed by atoms with van der Waals surface area (Å²) in [7, 11) is -3.35. The van der Waals surface area contributed by atoms with Gasteiger partial charge in [-0.1, -0.05) is 6.07 Å². The number of nitrogens with zero attached hydrogens (tertiary/aromatic N) is 1. The molecule has 1 heterocycles. The molecular formula is C16H22ClNO2S. The Hall–Kier alpha value is -0.580. The van der Waals surface area contributed by atoms with Crippen molar-refractivity contribution < 1.29 is 8.42 Å². The van der Waals surface area contributed by atoms with Gasteiger partial charge in [0.1, 0.15) is 0 Å². The highest BCUT2D eigenvalue weighted by atomic mass is 35.5. The van der Waals surface area contributed by atoms with Crippen LogP contribution in [0.4, 0.5) is 0 Å². The summed E-state index contributed by atoms with van der Waals surface area (Å²) in [6.07, 6.45) is 6.89. The molecule has 1 atom stereocenters. The largest absolute Gasteiger partial charge is 0.243 e. The third kappa shape index (κ3) is 2.99. The molecule has 0 aromatic heterocycles. The molecule has 0 radical (unpaired) electrons. The van der Waals surface area contributed by atoms with E-state index in [4.69, 9.17) is 11.6 Å². The summed E-state index contributed by atoms with van der Waals surface area (Å²) in [6, 6.07) is 5.81. The van der Waals surface area contributed by atoms with E-state index in [9.17, 15) is 8.42 Å². The van der Waals surface area contributed by atoms with Crippen molar-refractivity contribution >= 4 is 21.6 Å². The average Bonchev–Trinajstić information content (AvgIpc) is 3.13. The van der Waals surface area contributed by atoms with Crippen molar-refractivity contribution in [2.45, 2.75) is 55.9 Å². The normalized spacial score (nSPS) is 22.6. The highest BCUT2D eigenvalue weighted by Crippen LogP contribution is 2.31. The van der Waals surface area contributed by atoms with Crippen LogP contribution >= 0.6 is 11.6 Å². The van der Waals surface area contributed by atoms with Crippen LogP contribution < -0.4 is 0 Å². The zero-order chi connectivity index (χ0) is 14.9. The summed E-state index contributed by atoms with van der Waals surface area (Å²) in [5, 5.41) is 0. The third-order valence-electron chi connectivity index (χ3n) is 4.67. The second-order valence-electron chi connectivity index (χ2n) is 6.03. The molecule has 0 saturated carbocycles. The Bertz CT molecular complexity index is 615. The van der Waals surface area contributed by atoms with Crippen LogP contribution in [-0.2, 0) is 22.9 Å². The second kappa shape index (κ2) is 6.27. The van der Waals surface area contributed by atoms with Gasteiger partial charge in [-0.25, -0.2) is 8.42 Å². The van der Waals surface area contributed by atoms with Gasteiger partial charge >= 0.3 is 0 Å². The zero-order valence-corrected chi connectivity index (χ0v) is 13.8. The maximum Gasteiger partial charge on any atom is 0.243 e. The first-order chi connectivity index (χ1) is 10.1. The molecule has 0 spiro atoms. The Balaban J connectivity index is 1.85. The monoisotopic (exact) mass is 327 g/mol. The van der Waals surface area contributed by atoms with Crippen LogP contribution in [-0.4, -0.2) is 31.2 Å². The van der Waals surface area contributed by atoms with E-state index < -0.39 is 10.0 Å². The molecule has 1 unspecified atom stereocenters. The van der Waals surface area contributed by atoms with E-state index in [2.05, 4.69) is 0 Å². The first-order valence-corrected chi connectivity index (χ1v) is 9.80. The van der Waals surface area contributed by atoms with Gasteiger partial charge in [0.15, 0.2) is 0 Å². The van der Waals surface area contributed by atoms with Gasteiger partial charge in [-0.15, -0.1) is 11.6 Å². The second-order valence-corrected chi connectivity index (χ2v) is 8.30. The molecule has 0 amide bonds. The van der Waals surface area contributed by atoms with Gasteiger partial charge in [-0.2, -0.15) is 4.31 Å². The van der Waals surface area contributed by atoms with E-state index in [-0.39, 0.29) is 6.04 Å². The van der Waals surface area contributed by atoms with Crippen molar-refractivity contribution in [3.8, 4) is 0 Å². The van der Waals surface area contributed by atoms with Crippen molar-refractivity contribution in [1.82, 2.24) is 4.31 Å². The van der Waals surface area contributed by atoms with Gasteiger partial charge in [-0.05, 0) is 68.2 Å². The molecule has 5 heteroatoms. The number of rotatable bonds is 5. The number of fused-ring (bicyclic) bond motifs is 1. The molecule has 1 aliphatic heterocycles. The maximum absolute atomic E-state index is 12.9. The summed E-state index contributed by atoms with van der Waals surface area (Å²) in [4.78, 5) is 0.473. The first kappa shape index (κ1) is 15.3. The van der Waals surface area contributed by atoms with E-state index >= 15 is 0 Å². The van der Waals surface area contributed by atoms with Crippen molar-refractivity contribution in [2.24, 2.45) is 0 Å². The van der Waals surface area contributed by atoms with E-state index in [1.165, 1.54) is 11.1 Å². The first-order valence-electron chi connectivity index (χ1n) is 7.82. The molecule has 21 heavy (non-hydrogen) atoms. The van der Waals surface area contributed by atoms with Gasteiger partial charge in [-0.3, -0.25) is 0 Å². The molecule has 1 fully saturated rings. The quantitative estimate of drug-likeness (QED) is 0.778. The summed E-state index contributed by atoms with van der Waals surface area (Å²) in [5.74, 6) is 0.600. The van der Waals surface area contributed by atoms with Gasteiger partial charge < -0.3 is 0 Å². The van der Waals surface area contributed by atoms with Crippen molar-refractivity contribution in [3.63, 3.8) is 0 Å². The minimum absolute atomic E-state index is 0.127. The number of benzene rings is 1. The predicted molar refractivity (Wildman–Crippen MR) is 85.3 cm³/mol. The lowest BCUT2D eigenvalue weighted by Gasteiger charge is -2.24. The smallest absolute Gasteiger partial charge is 0.207 e. The van der Waals surface area contributed by atoms with Crippen molar-refractivity contribution in [1.29, 1.82) is 0 Å². The third-order valence-corrected chi connectivity index (χ3v) is 6.89. The molecule has 1 aromatic carbocycles. The van der Waals surface area contributed by atoms with Crippen LogP contribution in [0.15, 0.2) is 23.1 Å². The Morgan fingerprint density at radius 2 is 2.00 bits per heavy atom. The maximum atomic E-state index is 12.9. The Morgan fingerprint density at radius 1 is 1.19 bits per heavy atom. The summed E-state index contributed by atoms with van der Waals surface area (Å²) in [5.41, 5.74) is 2.53. The molecule has 1 saturated heterocycles. The Morgan fingerprint density at radius 3 is 2.81 bits per heavy atom. The van der Waals surface area contributed by atoms with E-state index in [1.807, 2.05) is 12.1 Å². The van der Waals surface area contributed by atoms with Gasteiger partial charge in [0.05, 0.1) is 4.90 Å². The molecule has 0 N–H and O–H groups in total. The standard InChI is InChI=1S/C16H22ClNO2S/c17-10-2-6-15-7-3-11-18(15)21(19,20)16-9-8-13-4-1-5-14(13)12-16/h8-9,12,15H,1-7,10-11H2. The Labute approximate surface area is 132 Å². The number of sulfonamides is 1. The number of alkyl halides is 1. The molecule has 0 bridgehead atoms. The zero-order valence-electron chi connectivity index (χ0n) is 12.2. The van der Waals surface area contributed by atoms with Crippen LogP contribution in [0.5, 0.6) is 0 Å². The molecule has 2 aliphatic rings. The molecule has 3 rings (SSSR count). The van der Waals surface area contributed by atoms with Crippen LogP contribution in [0.3, 0.4) is 0 Å². The minimum Gasteiger partial charge on any atom is -0.207 e. The summed E-state index contributed by atoms with van der Waals surface area (Å²) in [6.45, 7) is 0.645. The SMILES string of the molecule is O=S(=O)(c1ccc2c(c1)CCC2)N1CCCC1CCCCl. The average molecular weight is 328 g/mol. The van der Waals surface area contributed by atoms with Crippen molar-refractivity contribution in [2.75, 3.05) is 12.4 Å². The minimum atomic E-state index is -3.35. The van der Waals surface area contributed by atoms with Crippen LogP contribution in [0.25, 0.3) is 0 Å². The van der Waals surface area contributed by atoms with Crippen LogP contribution in [0.1, 0.15) is 43.2 Å². The number of hydrogen-bond donors (Lipinski definition) is 0. The lowest BCUT2D eigenvalue weighted by Crippen LogP contribution is -2.35. The fraction of sp³-hybridized carbons (Fsp3) is 0.625. The van der Waals surface area contributed by atoms with E-state index in [0.717, 1.165) is 44.9 Å². The topological polar surface area (TPSA) is 37.4 Å². The summed E-state index contributed by atoms with van der Waals surface area (Å²) < 4.78 is 27.5. The van der Waals surface area contributed by atoms with Gasteiger partial charge in [0.25, 0.3) is 0 Å². The molecule has 1 aromatic rings. The lowest BCUT2D eigenvalue weighted by molar-refractivity contribution is 0.368. The number of halogens is 1. The molecular weight excluding hydrogens is 306 g/mol. The van der Waals surface area contributed by atoms with Gasteiger partial charge in [0, 0.05) is 18.5 Å². The van der Waals surface area contributed by atoms with E-state index in [0.29, 0.717) is 17.3 Å². The number of hydrogen-bond acceptors (Lipinski definition) is 2. The fourth-order valence-corrected chi connectivity index (χ4v) is 5.50. The van der Waals surface area contributed by atoms with Gasteiger partial charge in [0.2, 0.25) is 10.0 Å². The number of aryl methyl sites for hydroxylation is 2. The summed E-state index contributed by atoms with van der Waals surface area (Å²) >= 11 is 5.75. The van der Waals surface area contributed by atoms with E-state index in [1.54, 1.807) is 10.4 Å². The van der Waals surface area contributed by atoms with Crippen LogP contribution in [0, 0.1) is 0 Å². The fourth-order valence-electron chi connectivity index (χ4n) is 3.57. The lowest BCUT2D eigenvalue weighted by atomic mass is 10.1. The predicted octanol–water partition coefficient (Wildman–Crippen LogP) is 3.35. The Kier molecular flexibility index (Phi) is 4.57. The highest BCUT2D eigenvalue weighted by molar-refractivity contribution is 7.89. The molecule has 1 aliphatic carbocycles. The van der Waals surface area contributed by atoms with Crippen molar-refractivity contribution in [3.05, 3.63) is 29.3 Å². The highest BCUT2D eigenvalue weighted by Gasteiger charge is 2.35.